The highest BCUT2D eigenvalue weighted by Crippen LogP contribution is 2.30. The highest BCUT2D eigenvalue weighted by atomic mass is 35.5. The quantitative estimate of drug-likeness (QED) is 0.709. The second kappa shape index (κ2) is 5.27. The number of carbonyl (C=O) groups is 1. The molecule has 2 aromatic carbocycles. The zero-order valence-electron chi connectivity index (χ0n) is 10.4. The van der Waals surface area contributed by atoms with Crippen LogP contribution in [-0.4, -0.2) is 14.7 Å². The van der Waals surface area contributed by atoms with Crippen molar-refractivity contribution in [1.82, 2.24) is 8.75 Å². The molecule has 1 heterocycles. The van der Waals surface area contributed by atoms with E-state index in [9.17, 15) is 9.18 Å². The molecule has 0 radical (unpaired) electrons. The van der Waals surface area contributed by atoms with E-state index in [-0.39, 0.29) is 11.3 Å². The van der Waals surface area contributed by atoms with Crippen LogP contribution in [0.3, 0.4) is 0 Å². The van der Waals surface area contributed by atoms with Crippen molar-refractivity contribution in [2.45, 2.75) is 0 Å². The molecule has 3 aromatic rings. The molecule has 3 N–H and O–H groups in total. The van der Waals surface area contributed by atoms with Crippen molar-refractivity contribution in [3.8, 4) is 0 Å². The first-order chi connectivity index (χ1) is 10.1. The molecule has 106 valence electrons. The van der Waals surface area contributed by atoms with Gasteiger partial charge >= 0.3 is 0 Å². The molecule has 5 nitrogen and oxygen atoms in total. The van der Waals surface area contributed by atoms with Gasteiger partial charge in [-0.3, -0.25) is 4.79 Å². The molecule has 0 saturated carbocycles. The van der Waals surface area contributed by atoms with Crippen molar-refractivity contribution in [1.29, 1.82) is 0 Å². The number of rotatable bonds is 2. The van der Waals surface area contributed by atoms with E-state index in [2.05, 4.69) is 14.1 Å². The molecular weight excluding hydrogens is 315 g/mol. The summed E-state index contributed by atoms with van der Waals surface area (Å²) in [6.45, 7) is 0. The fourth-order valence-corrected chi connectivity index (χ4v) is 2.61. The van der Waals surface area contributed by atoms with E-state index in [0.717, 1.165) is 23.9 Å². The van der Waals surface area contributed by atoms with Crippen LogP contribution in [0.4, 0.5) is 15.8 Å². The second-order valence-electron chi connectivity index (χ2n) is 4.24. The molecule has 0 aliphatic rings. The van der Waals surface area contributed by atoms with Gasteiger partial charge in [0.05, 0.1) is 28.0 Å². The minimum atomic E-state index is -0.507. The van der Waals surface area contributed by atoms with Crippen LogP contribution in [0.1, 0.15) is 10.4 Å². The third-order valence-electron chi connectivity index (χ3n) is 2.87. The van der Waals surface area contributed by atoms with Crippen LogP contribution in [0.15, 0.2) is 30.3 Å². The van der Waals surface area contributed by atoms with E-state index < -0.39 is 11.7 Å². The Morgan fingerprint density at radius 1 is 1.29 bits per heavy atom. The lowest BCUT2D eigenvalue weighted by Crippen LogP contribution is -2.14. The number of amides is 1. The summed E-state index contributed by atoms with van der Waals surface area (Å²) in [4.78, 5) is 12.2. The lowest BCUT2D eigenvalue weighted by molar-refractivity contribution is 0.102. The van der Waals surface area contributed by atoms with E-state index in [1.165, 1.54) is 6.07 Å². The molecule has 8 heteroatoms. The number of nitrogens with two attached hydrogens (primary N) is 1. The average Bonchev–Trinajstić information content (AvgIpc) is 2.90. The maximum atomic E-state index is 13.0. The van der Waals surface area contributed by atoms with Crippen LogP contribution in [0, 0.1) is 5.82 Å². The second-order valence-corrected chi connectivity index (χ2v) is 5.18. The van der Waals surface area contributed by atoms with E-state index >= 15 is 0 Å². The predicted molar refractivity (Wildman–Crippen MR) is 81.2 cm³/mol. The van der Waals surface area contributed by atoms with Gasteiger partial charge in [0.1, 0.15) is 16.9 Å². The van der Waals surface area contributed by atoms with Gasteiger partial charge in [-0.25, -0.2) is 4.39 Å². The summed E-state index contributed by atoms with van der Waals surface area (Å²) >= 11 is 7.11. The van der Waals surface area contributed by atoms with Crippen molar-refractivity contribution in [2.75, 3.05) is 11.1 Å². The number of nitrogens with zero attached hydrogens (tertiary/aromatic N) is 2. The van der Waals surface area contributed by atoms with Gasteiger partial charge in [-0.15, -0.1) is 0 Å². The third-order valence-corrected chi connectivity index (χ3v) is 3.73. The summed E-state index contributed by atoms with van der Waals surface area (Å²) < 4.78 is 21.2. The first-order valence-electron chi connectivity index (χ1n) is 5.83. The van der Waals surface area contributed by atoms with Crippen LogP contribution < -0.4 is 11.1 Å². The van der Waals surface area contributed by atoms with Crippen LogP contribution in [0.25, 0.3) is 11.0 Å². The fourth-order valence-electron chi connectivity index (χ4n) is 1.87. The summed E-state index contributed by atoms with van der Waals surface area (Å²) in [5.74, 6) is -0.997. The molecule has 1 amide bonds. The minimum Gasteiger partial charge on any atom is -0.398 e. The minimum absolute atomic E-state index is 0.0483. The molecular formula is C13H8ClFN4OS. The largest absolute Gasteiger partial charge is 0.398 e. The summed E-state index contributed by atoms with van der Waals surface area (Å²) in [7, 11) is 0. The normalized spacial score (nSPS) is 10.8. The lowest BCUT2D eigenvalue weighted by atomic mass is 10.1. The maximum Gasteiger partial charge on any atom is 0.257 e. The topological polar surface area (TPSA) is 80.9 Å². The highest BCUT2D eigenvalue weighted by Gasteiger charge is 2.16. The Bertz CT molecular complexity index is 851. The van der Waals surface area contributed by atoms with E-state index in [1.807, 2.05) is 0 Å². The van der Waals surface area contributed by atoms with Crippen LogP contribution in [0.5, 0.6) is 0 Å². The Hall–Kier alpha value is -2.25. The van der Waals surface area contributed by atoms with Crippen LogP contribution >= 0.6 is 23.3 Å². The number of halogens is 2. The number of carbonyl (C=O) groups excluding carboxylic acids is 1. The van der Waals surface area contributed by atoms with Crippen molar-refractivity contribution in [3.63, 3.8) is 0 Å². The number of hydrogen-bond donors (Lipinski definition) is 2. The molecule has 3 rings (SSSR count). The monoisotopic (exact) mass is 322 g/mol. The molecule has 0 atom stereocenters. The number of hydrogen-bond acceptors (Lipinski definition) is 5. The number of benzene rings is 2. The SMILES string of the molecule is Nc1cc(F)ccc1C(=O)Nc1c(Cl)ccc2nsnc12. The molecule has 0 spiro atoms. The van der Waals surface area contributed by atoms with E-state index in [4.69, 9.17) is 17.3 Å². The molecule has 1 aromatic heterocycles. The molecule has 0 aliphatic carbocycles. The van der Waals surface area contributed by atoms with Crippen LogP contribution in [-0.2, 0) is 0 Å². The van der Waals surface area contributed by atoms with E-state index in [0.29, 0.717) is 21.7 Å². The lowest BCUT2D eigenvalue weighted by Gasteiger charge is -2.09. The fraction of sp³-hybridized carbons (Fsp3) is 0. The molecule has 0 fully saturated rings. The zero-order valence-corrected chi connectivity index (χ0v) is 12.0. The molecule has 0 unspecified atom stereocenters. The summed E-state index contributed by atoms with van der Waals surface area (Å²) in [5, 5.41) is 2.98. The van der Waals surface area contributed by atoms with Gasteiger partial charge in [0, 0.05) is 5.69 Å². The van der Waals surface area contributed by atoms with Crippen molar-refractivity contribution >= 4 is 51.6 Å². The maximum absolute atomic E-state index is 13.0. The third kappa shape index (κ3) is 2.53. The van der Waals surface area contributed by atoms with Gasteiger partial charge in [0.15, 0.2) is 0 Å². The van der Waals surface area contributed by atoms with Gasteiger partial charge in [0.2, 0.25) is 0 Å². The Morgan fingerprint density at radius 3 is 2.86 bits per heavy atom. The Kier molecular flexibility index (Phi) is 3.44. The zero-order chi connectivity index (χ0) is 15.0. The summed E-state index contributed by atoms with van der Waals surface area (Å²) in [6, 6.07) is 6.89. The average molecular weight is 323 g/mol. The number of anilines is 2. The van der Waals surface area contributed by atoms with Crippen LogP contribution in [0.2, 0.25) is 5.02 Å². The number of nitrogens with one attached hydrogen (secondary N) is 1. The Morgan fingerprint density at radius 2 is 2.10 bits per heavy atom. The van der Waals surface area contributed by atoms with Crippen molar-refractivity contribution < 1.29 is 9.18 Å². The van der Waals surface area contributed by atoms with Gasteiger partial charge in [-0.1, -0.05) is 11.6 Å². The van der Waals surface area contributed by atoms with Gasteiger partial charge in [0.25, 0.3) is 5.91 Å². The van der Waals surface area contributed by atoms with Gasteiger partial charge in [-0.2, -0.15) is 8.75 Å². The summed E-state index contributed by atoms with van der Waals surface area (Å²) in [6.07, 6.45) is 0. The smallest absolute Gasteiger partial charge is 0.257 e. The molecule has 0 aliphatic heterocycles. The van der Waals surface area contributed by atoms with Crippen molar-refractivity contribution in [3.05, 3.63) is 46.7 Å². The first kappa shape index (κ1) is 13.7. The first-order valence-corrected chi connectivity index (χ1v) is 6.94. The Balaban J connectivity index is 2.00. The van der Waals surface area contributed by atoms with E-state index in [1.54, 1.807) is 12.1 Å². The van der Waals surface area contributed by atoms with Gasteiger partial charge in [-0.05, 0) is 30.3 Å². The highest BCUT2D eigenvalue weighted by molar-refractivity contribution is 7.00. The predicted octanol–water partition coefficient (Wildman–Crippen LogP) is 3.32. The Labute approximate surface area is 127 Å². The van der Waals surface area contributed by atoms with Gasteiger partial charge < -0.3 is 11.1 Å². The number of fused-ring (bicyclic) bond motifs is 1. The molecule has 0 bridgehead atoms. The summed E-state index contributed by atoms with van der Waals surface area (Å²) in [5.41, 5.74) is 7.35. The standard InChI is InChI=1S/C13H8ClFN4OS/c14-8-3-4-10-12(19-21-18-10)11(8)17-13(20)7-2-1-6(15)5-9(7)16/h1-5H,16H2,(H,17,20). The molecule has 0 saturated heterocycles. The number of aromatic nitrogens is 2. The number of nitrogen functional groups attached to an aromatic ring is 1. The molecule has 21 heavy (non-hydrogen) atoms. The van der Waals surface area contributed by atoms with Crippen molar-refractivity contribution in [2.24, 2.45) is 0 Å².